The van der Waals surface area contributed by atoms with Gasteiger partial charge in [-0.05, 0) is 42.9 Å². The van der Waals surface area contributed by atoms with E-state index in [1.165, 1.54) is 0 Å². The summed E-state index contributed by atoms with van der Waals surface area (Å²) >= 11 is 12.1. The molecular formula is C16H17Cl2NO2. The summed E-state index contributed by atoms with van der Waals surface area (Å²) in [6, 6.07) is 11.1. The van der Waals surface area contributed by atoms with Crippen LogP contribution in [0, 0.1) is 0 Å². The van der Waals surface area contributed by atoms with E-state index in [1.54, 1.807) is 25.3 Å². The fourth-order valence-corrected chi connectivity index (χ4v) is 2.32. The molecule has 5 heteroatoms. The van der Waals surface area contributed by atoms with Crippen LogP contribution in [0.25, 0.3) is 0 Å². The number of rotatable bonds is 6. The van der Waals surface area contributed by atoms with Crippen molar-refractivity contribution in [3.05, 3.63) is 57.6 Å². The molecule has 0 saturated heterocycles. The fraction of sp³-hybridized carbons (Fsp3) is 0.250. The van der Waals surface area contributed by atoms with Gasteiger partial charge in [0, 0.05) is 22.2 Å². The summed E-state index contributed by atoms with van der Waals surface area (Å²) < 4.78 is 11.2. The van der Waals surface area contributed by atoms with E-state index in [0.29, 0.717) is 28.2 Å². The molecule has 0 heterocycles. The average molecular weight is 326 g/mol. The van der Waals surface area contributed by atoms with Gasteiger partial charge in [-0.3, -0.25) is 0 Å². The molecule has 3 nitrogen and oxygen atoms in total. The van der Waals surface area contributed by atoms with Crippen molar-refractivity contribution in [1.82, 2.24) is 5.32 Å². The lowest BCUT2D eigenvalue weighted by atomic mass is 10.2. The second-order valence-corrected chi connectivity index (χ2v) is 5.38. The maximum Gasteiger partial charge on any atom is 0.161 e. The zero-order chi connectivity index (χ0) is 15.2. The minimum absolute atomic E-state index is 0.332. The molecule has 0 unspecified atom stereocenters. The highest BCUT2D eigenvalue weighted by Crippen LogP contribution is 2.30. The molecule has 0 atom stereocenters. The van der Waals surface area contributed by atoms with E-state index >= 15 is 0 Å². The molecule has 2 aromatic carbocycles. The number of benzene rings is 2. The van der Waals surface area contributed by atoms with Crippen LogP contribution >= 0.6 is 23.2 Å². The minimum atomic E-state index is 0.332. The maximum atomic E-state index is 6.14. The van der Waals surface area contributed by atoms with Crippen molar-refractivity contribution >= 4 is 23.2 Å². The molecule has 0 amide bonds. The second-order valence-electron chi connectivity index (χ2n) is 4.54. The Labute approximate surface area is 134 Å². The number of ether oxygens (including phenoxy) is 2. The normalized spacial score (nSPS) is 10.5. The lowest BCUT2D eigenvalue weighted by Gasteiger charge is -2.13. The van der Waals surface area contributed by atoms with Crippen molar-refractivity contribution in [3.8, 4) is 11.5 Å². The molecular weight excluding hydrogens is 309 g/mol. The van der Waals surface area contributed by atoms with Gasteiger partial charge in [0.15, 0.2) is 11.5 Å². The van der Waals surface area contributed by atoms with E-state index in [0.717, 1.165) is 17.7 Å². The van der Waals surface area contributed by atoms with Crippen molar-refractivity contribution < 1.29 is 9.47 Å². The molecule has 0 radical (unpaired) electrons. The van der Waals surface area contributed by atoms with Crippen LogP contribution in [0.15, 0.2) is 36.4 Å². The number of methoxy groups -OCH3 is 1. The van der Waals surface area contributed by atoms with E-state index in [4.69, 9.17) is 32.7 Å². The highest BCUT2D eigenvalue weighted by atomic mass is 35.5. The number of nitrogens with one attached hydrogen (secondary N) is 1. The maximum absolute atomic E-state index is 6.14. The first-order valence-electron chi connectivity index (χ1n) is 6.52. The van der Waals surface area contributed by atoms with Crippen LogP contribution in [0.2, 0.25) is 10.0 Å². The molecule has 112 valence electrons. The molecule has 0 aliphatic rings. The summed E-state index contributed by atoms with van der Waals surface area (Å²) in [5.74, 6) is 1.37. The summed E-state index contributed by atoms with van der Waals surface area (Å²) in [5, 5.41) is 4.37. The molecule has 2 rings (SSSR count). The lowest BCUT2D eigenvalue weighted by Crippen LogP contribution is -2.06. The third-order valence-corrected chi connectivity index (χ3v) is 3.60. The van der Waals surface area contributed by atoms with Crippen LogP contribution in [0.4, 0.5) is 0 Å². The van der Waals surface area contributed by atoms with Crippen LogP contribution < -0.4 is 14.8 Å². The van der Waals surface area contributed by atoms with Gasteiger partial charge < -0.3 is 14.8 Å². The predicted molar refractivity (Wildman–Crippen MR) is 86.6 cm³/mol. The van der Waals surface area contributed by atoms with Crippen LogP contribution in [0.3, 0.4) is 0 Å². The van der Waals surface area contributed by atoms with Gasteiger partial charge in [-0.15, -0.1) is 0 Å². The third kappa shape index (κ3) is 4.27. The monoisotopic (exact) mass is 325 g/mol. The van der Waals surface area contributed by atoms with Crippen molar-refractivity contribution in [1.29, 1.82) is 0 Å². The van der Waals surface area contributed by atoms with Crippen LogP contribution in [-0.4, -0.2) is 14.2 Å². The fourth-order valence-electron chi connectivity index (χ4n) is 1.96. The first-order chi connectivity index (χ1) is 10.1. The van der Waals surface area contributed by atoms with Gasteiger partial charge in [-0.1, -0.05) is 29.3 Å². The SMILES string of the molecule is CNCc1ccc(OC)c(OCc2cc(Cl)ccc2Cl)c1. The second kappa shape index (κ2) is 7.55. The van der Waals surface area contributed by atoms with Gasteiger partial charge in [-0.2, -0.15) is 0 Å². The van der Waals surface area contributed by atoms with E-state index < -0.39 is 0 Å². The predicted octanol–water partition coefficient (Wildman–Crippen LogP) is 4.30. The third-order valence-electron chi connectivity index (χ3n) is 3.00. The van der Waals surface area contributed by atoms with E-state index in [1.807, 2.05) is 25.2 Å². The van der Waals surface area contributed by atoms with E-state index in [-0.39, 0.29) is 0 Å². The molecule has 0 fully saturated rings. The molecule has 1 N–H and O–H groups in total. The largest absolute Gasteiger partial charge is 0.493 e. The molecule has 21 heavy (non-hydrogen) atoms. The van der Waals surface area contributed by atoms with E-state index in [9.17, 15) is 0 Å². The average Bonchev–Trinajstić information content (AvgIpc) is 2.49. The first kappa shape index (κ1) is 16.0. The van der Waals surface area contributed by atoms with Gasteiger partial charge >= 0.3 is 0 Å². The van der Waals surface area contributed by atoms with Crippen LogP contribution in [0.5, 0.6) is 11.5 Å². The van der Waals surface area contributed by atoms with Crippen molar-refractivity contribution in [2.75, 3.05) is 14.2 Å². The van der Waals surface area contributed by atoms with Crippen LogP contribution in [0.1, 0.15) is 11.1 Å². The lowest BCUT2D eigenvalue weighted by molar-refractivity contribution is 0.284. The van der Waals surface area contributed by atoms with Gasteiger partial charge in [-0.25, -0.2) is 0 Å². The number of halogens is 2. The molecule has 0 spiro atoms. The Morgan fingerprint density at radius 2 is 1.86 bits per heavy atom. The first-order valence-corrected chi connectivity index (χ1v) is 7.28. The Hall–Kier alpha value is -1.42. The molecule has 0 aliphatic carbocycles. The molecule has 0 aromatic heterocycles. The van der Waals surface area contributed by atoms with Gasteiger partial charge in [0.2, 0.25) is 0 Å². The summed E-state index contributed by atoms with van der Waals surface area (Å²) in [4.78, 5) is 0. The molecule has 0 saturated carbocycles. The topological polar surface area (TPSA) is 30.5 Å². The zero-order valence-corrected chi connectivity index (χ0v) is 13.5. The number of hydrogen-bond donors (Lipinski definition) is 1. The Bertz CT molecular complexity index is 617. The highest BCUT2D eigenvalue weighted by Gasteiger charge is 2.08. The molecule has 0 aliphatic heterocycles. The zero-order valence-electron chi connectivity index (χ0n) is 12.0. The van der Waals surface area contributed by atoms with Crippen molar-refractivity contribution in [2.45, 2.75) is 13.2 Å². The quantitative estimate of drug-likeness (QED) is 0.858. The minimum Gasteiger partial charge on any atom is -0.493 e. The standard InChI is InChI=1S/C16H17Cl2NO2/c1-19-9-11-3-6-15(20-2)16(7-11)21-10-12-8-13(17)4-5-14(12)18/h3-8,19H,9-10H2,1-2H3. The Morgan fingerprint density at radius 1 is 1.05 bits per heavy atom. The number of hydrogen-bond acceptors (Lipinski definition) is 3. The Morgan fingerprint density at radius 3 is 2.57 bits per heavy atom. The van der Waals surface area contributed by atoms with E-state index in [2.05, 4.69) is 5.32 Å². The highest BCUT2D eigenvalue weighted by molar-refractivity contribution is 6.33. The smallest absolute Gasteiger partial charge is 0.161 e. The van der Waals surface area contributed by atoms with Gasteiger partial charge in [0.25, 0.3) is 0 Å². The summed E-state index contributed by atoms with van der Waals surface area (Å²) in [6.07, 6.45) is 0. The summed E-state index contributed by atoms with van der Waals surface area (Å²) in [6.45, 7) is 1.09. The van der Waals surface area contributed by atoms with Crippen LogP contribution in [-0.2, 0) is 13.2 Å². The van der Waals surface area contributed by atoms with Crippen molar-refractivity contribution in [3.63, 3.8) is 0 Å². The summed E-state index contributed by atoms with van der Waals surface area (Å²) in [5.41, 5.74) is 1.95. The Balaban J connectivity index is 2.18. The van der Waals surface area contributed by atoms with Crippen molar-refractivity contribution in [2.24, 2.45) is 0 Å². The Kier molecular flexibility index (Phi) is 5.74. The molecule has 0 bridgehead atoms. The van der Waals surface area contributed by atoms with Gasteiger partial charge in [0.1, 0.15) is 6.61 Å². The summed E-state index contributed by atoms with van der Waals surface area (Å²) in [7, 11) is 3.52. The van der Waals surface area contributed by atoms with Gasteiger partial charge in [0.05, 0.1) is 7.11 Å². The molecule has 2 aromatic rings.